The zero-order valence-electron chi connectivity index (χ0n) is 8.52. The van der Waals surface area contributed by atoms with E-state index < -0.39 is 17.8 Å². The summed E-state index contributed by atoms with van der Waals surface area (Å²) in [7, 11) is 0. The van der Waals surface area contributed by atoms with E-state index >= 15 is 0 Å². The highest BCUT2D eigenvalue weighted by Gasteiger charge is 2.28. The fourth-order valence-electron chi connectivity index (χ4n) is 1.37. The topological polar surface area (TPSA) is 86.7 Å². The van der Waals surface area contributed by atoms with Gasteiger partial charge in [0.05, 0.1) is 6.54 Å². The van der Waals surface area contributed by atoms with Crippen LogP contribution in [0.25, 0.3) is 0 Å². The first-order valence-electron chi connectivity index (χ1n) is 4.80. The summed E-state index contributed by atoms with van der Waals surface area (Å²) in [6.45, 7) is 2.24. The van der Waals surface area contributed by atoms with Gasteiger partial charge in [-0.3, -0.25) is 14.4 Å². The van der Waals surface area contributed by atoms with Crippen LogP contribution in [0.2, 0.25) is 0 Å². The summed E-state index contributed by atoms with van der Waals surface area (Å²) in [6, 6.07) is 0. The molecule has 1 heterocycles. The molecule has 2 amide bonds. The second kappa shape index (κ2) is 4.77. The highest BCUT2D eigenvalue weighted by Crippen LogP contribution is 2.05. The number of carboxylic acids is 1. The van der Waals surface area contributed by atoms with E-state index in [1.807, 2.05) is 0 Å². The lowest BCUT2D eigenvalue weighted by Crippen LogP contribution is -2.42. The van der Waals surface area contributed by atoms with Gasteiger partial charge in [0.1, 0.15) is 5.92 Å². The maximum absolute atomic E-state index is 11.6. The van der Waals surface area contributed by atoms with Gasteiger partial charge in [0, 0.05) is 13.1 Å². The van der Waals surface area contributed by atoms with Crippen molar-refractivity contribution in [1.29, 1.82) is 0 Å². The fraction of sp³-hybridized carbons (Fsp3) is 0.667. The molecule has 0 saturated carbocycles. The number of amides is 2. The minimum atomic E-state index is -1.16. The van der Waals surface area contributed by atoms with Crippen LogP contribution in [-0.2, 0) is 14.4 Å². The monoisotopic (exact) mass is 214 g/mol. The number of carbonyl (C=O) groups excluding carboxylic acids is 2. The van der Waals surface area contributed by atoms with Gasteiger partial charge >= 0.3 is 5.97 Å². The first kappa shape index (κ1) is 11.5. The van der Waals surface area contributed by atoms with Crippen LogP contribution in [0.15, 0.2) is 0 Å². The highest BCUT2D eigenvalue weighted by atomic mass is 16.4. The summed E-state index contributed by atoms with van der Waals surface area (Å²) in [5, 5.41) is 11.3. The van der Waals surface area contributed by atoms with E-state index in [2.05, 4.69) is 5.32 Å². The molecule has 0 aromatic rings. The Morgan fingerprint density at radius 3 is 2.80 bits per heavy atom. The van der Waals surface area contributed by atoms with Crippen molar-refractivity contribution >= 4 is 17.8 Å². The molecule has 0 aromatic carbocycles. The maximum atomic E-state index is 11.6. The molecule has 0 radical (unpaired) electrons. The van der Waals surface area contributed by atoms with Crippen LogP contribution in [0.3, 0.4) is 0 Å². The van der Waals surface area contributed by atoms with E-state index in [1.54, 1.807) is 0 Å². The van der Waals surface area contributed by atoms with E-state index in [-0.39, 0.29) is 12.5 Å². The Morgan fingerprint density at radius 2 is 2.20 bits per heavy atom. The fourth-order valence-corrected chi connectivity index (χ4v) is 1.37. The number of nitrogens with zero attached hydrogens (tertiary/aromatic N) is 1. The molecule has 1 unspecified atom stereocenters. The van der Waals surface area contributed by atoms with Gasteiger partial charge in [0.15, 0.2) is 0 Å². The normalized spacial score (nSPS) is 19.0. The van der Waals surface area contributed by atoms with Gasteiger partial charge in [-0.15, -0.1) is 0 Å². The SMILES string of the molecule is CC(C(=O)O)C(=O)N1CCCNC(=O)C1. The third-order valence-electron chi connectivity index (χ3n) is 2.31. The van der Waals surface area contributed by atoms with Gasteiger partial charge in [0.2, 0.25) is 11.8 Å². The van der Waals surface area contributed by atoms with Crippen molar-refractivity contribution in [3.8, 4) is 0 Å². The Balaban J connectivity index is 2.65. The molecule has 2 N–H and O–H groups in total. The van der Waals surface area contributed by atoms with E-state index in [4.69, 9.17) is 5.11 Å². The Kier molecular flexibility index (Phi) is 3.65. The number of carboxylic acid groups (broad SMARTS) is 1. The van der Waals surface area contributed by atoms with Crippen molar-refractivity contribution in [1.82, 2.24) is 10.2 Å². The Bertz CT molecular complexity index is 290. The van der Waals surface area contributed by atoms with Crippen molar-refractivity contribution in [2.24, 2.45) is 5.92 Å². The molecular weight excluding hydrogens is 200 g/mol. The number of nitrogens with one attached hydrogen (secondary N) is 1. The molecule has 1 fully saturated rings. The molecule has 1 saturated heterocycles. The molecule has 6 nitrogen and oxygen atoms in total. The second-order valence-corrected chi connectivity index (χ2v) is 3.52. The average Bonchev–Trinajstić information content (AvgIpc) is 2.40. The zero-order valence-corrected chi connectivity index (χ0v) is 8.52. The summed E-state index contributed by atoms with van der Waals surface area (Å²) in [4.78, 5) is 34.6. The number of hydrogen-bond donors (Lipinski definition) is 2. The van der Waals surface area contributed by atoms with E-state index in [9.17, 15) is 14.4 Å². The molecule has 1 aliphatic rings. The third-order valence-corrected chi connectivity index (χ3v) is 2.31. The summed E-state index contributed by atoms with van der Waals surface area (Å²) in [5.41, 5.74) is 0. The summed E-state index contributed by atoms with van der Waals surface area (Å²) in [6.07, 6.45) is 0.657. The van der Waals surface area contributed by atoms with Crippen molar-refractivity contribution in [3.05, 3.63) is 0 Å². The van der Waals surface area contributed by atoms with E-state index in [0.29, 0.717) is 19.5 Å². The molecule has 15 heavy (non-hydrogen) atoms. The van der Waals surface area contributed by atoms with E-state index in [1.165, 1.54) is 11.8 Å². The van der Waals surface area contributed by atoms with Crippen LogP contribution in [-0.4, -0.2) is 47.4 Å². The Labute approximate surface area is 87.2 Å². The average molecular weight is 214 g/mol. The summed E-state index contributed by atoms with van der Waals surface area (Å²) in [5.74, 6) is -2.99. The van der Waals surface area contributed by atoms with Gasteiger partial charge in [-0.05, 0) is 13.3 Å². The molecule has 0 aromatic heterocycles. The smallest absolute Gasteiger partial charge is 0.315 e. The number of rotatable bonds is 2. The molecule has 84 valence electrons. The van der Waals surface area contributed by atoms with Crippen LogP contribution in [0.4, 0.5) is 0 Å². The standard InChI is InChI=1S/C9H14N2O4/c1-6(9(14)15)8(13)11-4-2-3-10-7(12)5-11/h6H,2-5H2,1H3,(H,10,12)(H,14,15). The molecule has 0 spiro atoms. The van der Waals surface area contributed by atoms with Gasteiger partial charge in [0.25, 0.3) is 0 Å². The largest absolute Gasteiger partial charge is 0.481 e. The quantitative estimate of drug-likeness (QED) is 0.580. The van der Waals surface area contributed by atoms with Crippen molar-refractivity contribution in [2.45, 2.75) is 13.3 Å². The Hall–Kier alpha value is -1.59. The molecule has 1 aliphatic heterocycles. The first-order chi connectivity index (χ1) is 7.02. The minimum absolute atomic E-state index is 0.0452. The third kappa shape index (κ3) is 2.93. The van der Waals surface area contributed by atoms with Gasteiger partial charge in [-0.1, -0.05) is 0 Å². The van der Waals surface area contributed by atoms with Crippen LogP contribution < -0.4 is 5.32 Å². The maximum Gasteiger partial charge on any atom is 0.315 e. The Morgan fingerprint density at radius 1 is 1.53 bits per heavy atom. The van der Waals surface area contributed by atoms with Crippen molar-refractivity contribution < 1.29 is 19.5 Å². The van der Waals surface area contributed by atoms with Gasteiger partial charge in [-0.25, -0.2) is 0 Å². The summed E-state index contributed by atoms with van der Waals surface area (Å²) < 4.78 is 0. The van der Waals surface area contributed by atoms with Crippen LogP contribution >= 0.6 is 0 Å². The lowest BCUT2D eigenvalue weighted by atomic mass is 10.1. The molecule has 0 bridgehead atoms. The van der Waals surface area contributed by atoms with Crippen molar-refractivity contribution in [3.63, 3.8) is 0 Å². The molecule has 1 rings (SSSR count). The minimum Gasteiger partial charge on any atom is -0.481 e. The molecule has 1 atom stereocenters. The molecule has 0 aliphatic carbocycles. The predicted octanol–water partition coefficient (Wildman–Crippen LogP) is -0.944. The number of carbonyl (C=O) groups is 3. The first-order valence-corrected chi connectivity index (χ1v) is 4.80. The predicted molar refractivity (Wildman–Crippen MR) is 51.0 cm³/mol. The number of aliphatic carboxylic acids is 1. The van der Waals surface area contributed by atoms with Crippen LogP contribution in [0.1, 0.15) is 13.3 Å². The number of hydrogen-bond acceptors (Lipinski definition) is 3. The zero-order chi connectivity index (χ0) is 11.4. The second-order valence-electron chi connectivity index (χ2n) is 3.52. The van der Waals surface area contributed by atoms with Crippen LogP contribution in [0.5, 0.6) is 0 Å². The van der Waals surface area contributed by atoms with Gasteiger partial charge < -0.3 is 15.3 Å². The lowest BCUT2D eigenvalue weighted by molar-refractivity contribution is -0.151. The van der Waals surface area contributed by atoms with E-state index in [0.717, 1.165) is 0 Å². The van der Waals surface area contributed by atoms with Crippen LogP contribution in [0, 0.1) is 5.92 Å². The lowest BCUT2D eigenvalue weighted by Gasteiger charge is -2.20. The summed E-state index contributed by atoms with van der Waals surface area (Å²) >= 11 is 0. The molecule has 6 heteroatoms. The van der Waals surface area contributed by atoms with Crippen molar-refractivity contribution in [2.75, 3.05) is 19.6 Å². The highest BCUT2D eigenvalue weighted by molar-refractivity contribution is 5.98. The molecular formula is C9H14N2O4. The van der Waals surface area contributed by atoms with Gasteiger partial charge in [-0.2, -0.15) is 0 Å².